The monoisotopic (exact) mass is 488 g/mol. The van der Waals surface area contributed by atoms with Gasteiger partial charge in [-0.05, 0) is 73.9 Å². The Kier molecular flexibility index (Phi) is 7.51. The number of anilines is 1. The van der Waals surface area contributed by atoms with E-state index in [2.05, 4.69) is 12.2 Å². The van der Waals surface area contributed by atoms with Crippen LogP contribution >= 0.6 is 11.6 Å². The molecular formula is C28H29ClN4O2. The van der Waals surface area contributed by atoms with Gasteiger partial charge in [0.25, 0.3) is 5.56 Å². The smallest absolute Gasteiger partial charge is 0.315 e. The van der Waals surface area contributed by atoms with Crippen LogP contribution in [0.3, 0.4) is 0 Å². The van der Waals surface area contributed by atoms with Crippen LogP contribution in [0.25, 0.3) is 16.6 Å². The SMILES string of the molecule is CCc1ccc(-n2c(C(CC)N(CC)C(=O)Nc3ccc(Cl)cc3)nc3ccccc3c2=O)cc1. The lowest BCUT2D eigenvalue weighted by atomic mass is 10.1. The fourth-order valence-corrected chi connectivity index (χ4v) is 4.41. The number of amides is 2. The highest BCUT2D eigenvalue weighted by atomic mass is 35.5. The summed E-state index contributed by atoms with van der Waals surface area (Å²) in [4.78, 5) is 33.7. The average Bonchev–Trinajstić information content (AvgIpc) is 2.88. The van der Waals surface area contributed by atoms with E-state index in [-0.39, 0.29) is 11.6 Å². The molecule has 1 aromatic heterocycles. The van der Waals surface area contributed by atoms with E-state index in [1.54, 1.807) is 39.8 Å². The van der Waals surface area contributed by atoms with Crippen molar-refractivity contribution < 1.29 is 4.79 Å². The van der Waals surface area contributed by atoms with E-state index in [0.29, 0.717) is 40.4 Å². The number of aromatic nitrogens is 2. The molecular weight excluding hydrogens is 460 g/mol. The maximum atomic E-state index is 13.7. The Morgan fingerprint density at radius 1 is 1.00 bits per heavy atom. The van der Waals surface area contributed by atoms with Gasteiger partial charge in [-0.1, -0.05) is 49.7 Å². The van der Waals surface area contributed by atoms with E-state index in [9.17, 15) is 9.59 Å². The summed E-state index contributed by atoms with van der Waals surface area (Å²) >= 11 is 5.98. The second-order valence-electron chi connectivity index (χ2n) is 8.29. The number of rotatable bonds is 7. The molecule has 0 radical (unpaired) electrons. The third kappa shape index (κ3) is 5.08. The van der Waals surface area contributed by atoms with Crippen molar-refractivity contribution in [1.82, 2.24) is 14.5 Å². The molecule has 0 aliphatic rings. The minimum absolute atomic E-state index is 0.150. The first-order valence-corrected chi connectivity index (χ1v) is 12.3. The number of aryl methyl sites for hydroxylation is 1. The van der Waals surface area contributed by atoms with Gasteiger partial charge in [0.15, 0.2) is 0 Å². The summed E-state index contributed by atoms with van der Waals surface area (Å²) in [5, 5.41) is 4.08. The molecule has 0 bridgehead atoms. The standard InChI is InChI=1S/C28H29ClN4O2/c1-4-19-11-17-22(18-12-19)33-26(31-24-10-8-7-9-23(24)27(33)34)25(5-2)32(6-3)28(35)30-21-15-13-20(29)14-16-21/h7-18,25H,4-6H2,1-3H3,(H,30,35). The van der Waals surface area contributed by atoms with Crippen LogP contribution in [-0.2, 0) is 6.42 Å². The summed E-state index contributed by atoms with van der Waals surface area (Å²) in [6, 6.07) is 21.5. The van der Waals surface area contributed by atoms with Gasteiger partial charge in [-0.3, -0.25) is 9.36 Å². The highest BCUT2D eigenvalue weighted by molar-refractivity contribution is 6.30. The second-order valence-corrected chi connectivity index (χ2v) is 8.73. The number of nitrogens with one attached hydrogen (secondary N) is 1. The van der Waals surface area contributed by atoms with Crippen molar-refractivity contribution in [2.75, 3.05) is 11.9 Å². The van der Waals surface area contributed by atoms with E-state index >= 15 is 0 Å². The Hall–Kier alpha value is -3.64. The van der Waals surface area contributed by atoms with Crippen molar-refractivity contribution in [2.45, 2.75) is 39.7 Å². The van der Waals surface area contributed by atoms with Gasteiger partial charge in [-0.25, -0.2) is 9.78 Å². The highest BCUT2D eigenvalue weighted by Crippen LogP contribution is 2.27. The molecule has 1 atom stereocenters. The zero-order chi connectivity index (χ0) is 24.9. The van der Waals surface area contributed by atoms with Crippen LogP contribution in [-0.4, -0.2) is 27.0 Å². The Labute approximate surface area is 210 Å². The van der Waals surface area contributed by atoms with Crippen molar-refractivity contribution in [3.05, 3.63) is 99.6 Å². The number of hydrogen-bond donors (Lipinski definition) is 1. The Morgan fingerprint density at radius 3 is 2.31 bits per heavy atom. The van der Waals surface area contributed by atoms with E-state index in [1.807, 2.05) is 56.3 Å². The molecule has 35 heavy (non-hydrogen) atoms. The molecule has 7 heteroatoms. The molecule has 0 fully saturated rings. The largest absolute Gasteiger partial charge is 0.322 e. The van der Waals surface area contributed by atoms with Gasteiger partial charge in [-0.15, -0.1) is 0 Å². The van der Waals surface area contributed by atoms with E-state index in [0.717, 1.165) is 12.1 Å². The van der Waals surface area contributed by atoms with Gasteiger partial charge in [0, 0.05) is 17.3 Å². The number of nitrogens with zero attached hydrogens (tertiary/aromatic N) is 3. The lowest BCUT2D eigenvalue weighted by Crippen LogP contribution is -2.40. The number of hydrogen-bond acceptors (Lipinski definition) is 3. The van der Waals surface area contributed by atoms with E-state index in [1.165, 1.54) is 5.56 Å². The van der Waals surface area contributed by atoms with Crippen LogP contribution in [0.15, 0.2) is 77.6 Å². The van der Waals surface area contributed by atoms with Gasteiger partial charge in [-0.2, -0.15) is 0 Å². The Bertz CT molecular complexity index is 1380. The van der Waals surface area contributed by atoms with Gasteiger partial charge in [0.05, 0.1) is 22.6 Å². The molecule has 0 aliphatic carbocycles. The fraction of sp³-hybridized carbons (Fsp3) is 0.250. The molecule has 1 unspecified atom stereocenters. The molecule has 2 amide bonds. The minimum Gasteiger partial charge on any atom is -0.315 e. The number of halogens is 1. The Morgan fingerprint density at radius 2 is 1.69 bits per heavy atom. The summed E-state index contributed by atoms with van der Waals surface area (Å²) in [5.74, 6) is 0.536. The predicted octanol–water partition coefficient (Wildman–Crippen LogP) is 6.61. The van der Waals surface area contributed by atoms with Crippen LogP contribution in [0.2, 0.25) is 5.02 Å². The highest BCUT2D eigenvalue weighted by Gasteiger charge is 2.28. The number of benzene rings is 3. The van der Waals surface area contributed by atoms with Crippen LogP contribution < -0.4 is 10.9 Å². The van der Waals surface area contributed by atoms with Gasteiger partial charge < -0.3 is 10.2 Å². The number of urea groups is 1. The van der Waals surface area contributed by atoms with Crippen molar-refractivity contribution in [3.8, 4) is 5.69 Å². The molecule has 0 spiro atoms. The van der Waals surface area contributed by atoms with Crippen molar-refractivity contribution in [3.63, 3.8) is 0 Å². The predicted molar refractivity (Wildman–Crippen MR) is 143 cm³/mol. The summed E-state index contributed by atoms with van der Waals surface area (Å²) < 4.78 is 1.65. The summed E-state index contributed by atoms with van der Waals surface area (Å²) in [7, 11) is 0. The molecule has 4 aromatic rings. The van der Waals surface area contributed by atoms with Gasteiger partial charge >= 0.3 is 6.03 Å². The summed E-state index contributed by atoms with van der Waals surface area (Å²) in [6.07, 6.45) is 1.49. The van der Waals surface area contributed by atoms with Crippen LogP contribution in [0.4, 0.5) is 10.5 Å². The zero-order valence-electron chi connectivity index (χ0n) is 20.2. The zero-order valence-corrected chi connectivity index (χ0v) is 20.9. The summed E-state index contributed by atoms with van der Waals surface area (Å²) in [6.45, 7) is 6.45. The molecule has 3 aromatic carbocycles. The maximum Gasteiger partial charge on any atom is 0.322 e. The summed E-state index contributed by atoms with van der Waals surface area (Å²) in [5.41, 5.74) is 3.02. The molecule has 4 rings (SSSR count). The van der Waals surface area contributed by atoms with E-state index < -0.39 is 6.04 Å². The van der Waals surface area contributed by atoms with Crippen LogP contribution in [0.1, 0.15) is 44.6 Å². The molecule has 1 N–H and O–H groups in total. The first-order chi connectivity index (χ1) is 17.0. The lowest BCUT2D eigenvalue weighted by Gasteiger charge is -2.31. The number of carbonyl (C=O) groups is 1. The third-order valence-corrected chi connectivity index (χ3v) is 6.41. The van der Waals surface area contributed by atoms with Gasteiger partial charge in [0.2, 0.25) is 0 Å². The molecule has 6 nitrogen and oxygen atoms in total. The molecule has 0 saturated carbocycles. The second kappa shape index (κ2) is 10.7. The minimum atomic E-state index is -0.421. The maximum absolute atomic E-state index is 13.7. The van der Waals surface area contributed by atoms with E-state index in [4.69, 9.17) is 16.6 Å². The fourth-order valence-electron chi connectivity index (χ4n) is 4.28. The van der Waals surface area contributed by atoms with Crippen LogP contribution in [0, 0.1) is 0 Å². The molecule has 0 saturated heterocycles. The topological polar surface area (TPSA) is 67.2 Å². The quantitative estimate of drug-likeness (QED) is 0.318. The van der Waals surface area contributed by atoms with Crippen molar-refractivity contribution in [2.24, 2.45) is 0 Å². The number of para-hydroxylation sites is 1. The molecule has 0 aliphatic heterocycles. The first kappa shape index (κ1) is 24.5. The molecule has 180 valence electrons. The van der Waals surface area contributed by atoms with Crippen molar-refractivity contribution >= 4 is 34.2 Å². The number of fused-ring (bicyclic) bond motifs is 1. The Balaban J connectivity index is 1.83. The van der Waals surface area contributed by atoms with Crippen molar-refractivity contribution in [1.29, 1.82) is 0 Å². The third-order valence-electron chi connectivity index (χ3n) is 6.16. The van der Waals surface area contributed by atoms with Gasteiger partial charge in [0.1, 0.15) is 5.82 Å². The first-order valence-electron chi connectivity index (χ1n) is 11.9. The normalized spacial score (nSPS) is 11.9. The average molecular weight is 489 g/mol. The van der Waals surface area contributed by atoms with Crippen LogP contribution in [0.5, 0.6) is 0 Å². The molecule has 1 heterocycles. The number of carbonyl (C=O) groups excluding carboxylic acids is 1. The lowest BCUT2D eigenvalue weighted by molar-refractivity contribution is 0.185.